The van der Waals surface area contributed by atoms with Gasteiger partial charge in [-0.25, -0.2) is 0 Å². The van der Waals surface area contributed by atoms with Crippen LogP contribution in [0, 0.1) is 23.2 Å². The number of likely N-dealkylation sites (N-methyl/N-ethyl adjacent to an activating group) is 2. The second-order valence-corrected chi connectivity index (χ2v) is 18.9. The first-order chi connectivity index (χ1) is 19.4. The molecule has 0 unspecified atom stereocenters. The van der Waals surface area contributed by atoms with Crippen LogP contribution in [0.5, 0.6) is 0 Å². The Balaban J connectivity index is 1.25. The predicted molar refractivity (Wildman–Crippen MR) is 177 cm³/mol. The number of rotatable bonds is 6. The number of para-hydroxylation sites is 2. The lowest BCUT2D eigenvalue weighted by Crippen LogP contribution is -2.46. The molecule has 0 saturated heterocycles. The van der Waals surface area contributed by atoms with Gasteiger partial charge in [0.2, 0.25) is 0 Å². The summed E-state index contributed by atoms with van der Waals surface area (Å²) < 4.78 is 7.09. The number of hydrogen-bond acceptors (Lipinski definition) is 4. The molecular weight excluding hydrogens is 539 g/mol. The maximum Gasteiger partial charge on any atom is 0.113 e. The molecule has 4 bridgehead atoms. The van der Waals surface area contributed by atoms with Crippen LogP contribution < -0.4 is 9.80 Å². The average molecular weight is 587 g/mol. The SMILES string of the molecule is CN1/C(=C\P(=S)(/C=C2\N(C)c3ccccc3C2(C)C)OCCC23CC4CC(CC(C4)C2)C3)C(C)(C)c2ccccc21. The van der Waals surface area contributed by atoms with Gasteiger partial charge in [-0.1, -0.05) is 75.9 Å². The van der Waals surface area contributed by atoms with E-state index in [1.54, 1.807) is 0 Å². The first-order valence-corrected chi connectivity index (χ1v) is 18.6. The molecule has 6 aliphatic rings. The highest BCUT2D eigenvalue weighted by Crippen LogP contribution is 2.63. The summed E-state index contributed by atoms with van der Waals surface area (Å²) in [5.41, 5.74) is 8.05. The zero-order valence-corrected chi connectivity index (χ0v) is 27.5. The van der Waals surface area contributed by atoms with Gasteiger partial charge in [0.25, 0.3) is 0 Å². The fourth-order valence-corrected chi connectivity index (χ4v) is 13.0. The van der Waals surface area contributed by atoms with Gasteiger partial charge in [-0.3, -0.25) is 0 Å². The molecule has 4 aliphatic carbocycles. The number of hydrogen-bond donors (Lipinski definition) is 0. The largest absolute Gasteiger partial charge is 0.347 e. The summed E-state index contributed by atoms with van der Waals surface area (Å²) in [7, 11) is 4.40. The van der Waals surface area contributed by atoms with Gasteiger partial charge in [-0.05, 0) is 103 Å². The van der Waals surface area contributed by atoms with Gasteiger partial charge in [0, 0.05) is 47.7 Å². The van der Waals surface area contributed by atoms with E-state index in [2.05, 4.69) is 112 Å². The van der Waals surface area contributed by atoms with E-state index >= 15 is 0 Å². The van der Waals surface area contributed by atoms with Gasteiger partial charge in [-0.2, -0.15) is 0 Å². The number of benzene rings is 2. The van der Waals surface area contributed by atoms with Crippen LogP contribution in [0.2, 0.25) is 0 Å². The molecule has 8 rings (SSSR count). The second-order valence-electron chi connectivity index (χ2n) is 15.1. The zero-order valence-electron chi connectivity index (χ0n) is 25.8. The molecule has 0 spiro atoms. The van der Waals surface area contributed by atoms with Crippen molar-refractivity contribution in [2.75, 3.05) is 30.5 Å². The highest BCUT2D eigenvalue weighted by Gasteiger charge is 2.50. The fourth-order valence-electron chi connectivity index (χ4n) is 9.91. The van der Waals surface area contributed by atoms with E-state index in [4.69, 9.17) is 16.3 Å². The van der Waals surface area contributed by atoms with Crippen LogP contribution in [0.3, 0.4) is 0 Å². The number of nitrogens with zero attached hydrogens (tertiary/aromatic N) is 2. The lowest BCUT2D eigenvalue weighted by atomic mass is 9.49. The van der Waals surface area contributed by atoms with Gasteiger partial charge in [-0.15, -0.1) is 0 Å². The van der Waals surface area contributed by atoms with Gasteiger partial charge >= 0.3 is 0 Å². The number of allylic oxidation sites excluding steroid dienone is 2. The van der Waals surface area contributed by atoms with Gasteiger partial charge in [0.1, 0.15) is 6.26 Å². The Hall–Kier alpha value is -1.87. The normalized spacial score (nSPS) is 32.7. The Bertz CT molecular complexity index is 1370. The maximum absolute atomic E-state index is 7.09. The molecule has 41 heavy (non-hydrogen) atoms. The molecule has 5 heteroatoms. The first-order valence-electron chi connectivity index (χ1n) is 15.8. The average Bonchev–Trinajstić information content (AvgIpc) is 3.22. The van der Waals surface area contributed by atoms with E-state index < -0.39 is 6.26 Å². The van der Waals surface area contributed by atoms with Crippen molar-refractivity contribution in [2.45, 2.75) is 83.5 Å². The molecule has 218 valence electrons. The molecular formula is C36H47N2OPS. The van der Waals surface area contributed by atoms with Crippen molar-refractivity contribution in [3.8, 4) is 0 Å². The molecule has 0 N–H and O–H groups in total. The molecule has 2 heterocycles. The van der Waals surface area contributed by atoms with E-state index in [-0.39, 0.29) is 10.8 Å². The minimum Gasteiger partial charge on any atom is -0.347 e. The minimum absolute atomic E-state index is 0.128. The summed E-state index contributed by atoms with van der Waals surface area (Å²) in [6, 6.07) is 17.6. The zero-order chi connectivity index (χ0) is 28.8. The third kappa shape index (κ3) is 4.50. The van der Waals surface area contributed by atoms with Crippen LogP contribution in [-0.4, -0.2) is 20.7 Å². The molecule has 0 atom stereocenters. The van der Waals surface area contributed by atoms with Gasteiger partial charge < -0.3 is 14.3 Å². The van der Waals surface area contributed by atoms with E-state index in [9.17, 15) is 0 Å². The van der Waals surface area contributed by atoms with Crippen molar-refractivity contribution < 1.29 is 4.52 Å². The van der Waals surface area contributed by atoms with Crippen molar-refractivity contribution in [2.24, 2.45) is 23.2 Å². The standard InChI is InChI=1S/C36H47N2OPS/c1-34(2)28-11-7-9-13-30(28)37(5)32(34)23-40(41,24-33-35(3,4)29-12-8-10-14-31(29)38(33)6)39-16-15-36-20-25-17-26(21-36)19-27(18-25)22-36/h7-14,23-27H,15-22H2,1-6H3/b32-23-,33-24-. The van der Waals surface area contributed by atoms with Crippen LogP contribution in [0.4, 0.5) is 11.4 Å². The summed E-state index contributed by atoms with van der Waals surface area (Å²) >= 11 is 6.70. The van der Waals surface area contributed by atoms with E-state index in [1.165, 1.54) is 78.8 Å². The van der Waals surface area contributed by atoms with Gasteiger partial charge in [0.05, 0.1) is 6.61 Å². The third-order valence-corrected chi connectivity index (χ3v) is 14.3. The van der Waals surface area contributed by atoms with E-state index in [0.29, 0.717) is 5.41 Å². The van der Waals surface area contributed by atoms with Crippen molar-refractivity contribution in [3.05, 3.63) is 82.7 Å². The molecule has 2 aromatic carbocycles. The number of fused-ring (bicyclic) bond motifs is 2. The highest BCUT2D eigenvalue weighted by atomic mass is 32.4. The van der Waals surface area contributed by atoms with Crippen molar-refractivity contribution in [1.82, 2.24) is 0 Å². The highest BCUT2D eigenvalue weighted by molar-refractivity contribution is 8.15. The van der Waals surface area contributed by atoms with Crippen LogP contribution in [0.25, 0.3) is 0 Å². The van der Waals surface area contributed by atoms with Crippen LogP contribution >= 0.6 is 6.26 Å². The maximum atomic E-state index is 7.09. The van der Waals surface area contributed by atoms with Crippen molar-refractivity contribution in [1.29, 1.82) is 0 Å². The van der Waals surface area contributed by atoms with Gasteiger partial charge in [0.15, 0.2) is 0 Å². The summed E-state index contributed by atoms with van der Waals surface area (Å²) in [5, 5.41) is 0. The molecule has 0 aromatic heterocycles. The topological polar surface area (TPSA) is 15.7 Å². The second kappa shape index (κ2) is 9.57. The summed E-state index contributed by atoms with van der Waals surface area (Å²) in [5.74, 6) is 7.65. The summed E-state index contributed by atoms with van der Waals surface area (Å²) in [6.07, 6.45) is 7.39. The van der Waals surface area contributed by atoms with Crippen LogP contribution in [0.1, 0.15) is 83.8 Å². The minimum atomic E-state index is -2.49. The molecule has 2 aromatic rings. The van der Waals surface area contributed by atoms with Crippen molar-refractivity contribution >= 4 is 29.4 Å². The third-order valence-electron chi connectivity index (χ3n) is 11.6. The Labute approximate surface area is 253 Å². The van der Waals surface area contributed by atoms with Crippen LogP contribution in [-0.2, 0) is 27.2 Å². The molecule has 3 nitrogen and oxygen atoms in total. The lowest BCUT2D eigenvalue weighted by molar-refractivity contribution is -0.0617. The monoisotopic (exact) mass is 586 g/mol. The summed E-state index contributed by atoms with van der Waals surface area (Å²) in [6.45, 7) is 10.1. The predicted octanol–water partition coefficient (Wildman–Crippen LogP) is 9.54. The Kier molecular flexibility index (Phi) is 6.52. The van der Waals surface area contributed by atoms with E-state index in [0.717, 1.165) is 24.4 Å². The van der Waals surface area contributed by atoms with Crippen molar-refractivity contribution in [3.63, 3.8) is 0 Å². The first kappa shape index (κ1) is 27.9. The number of anilines is 2. The van der Waals surface area contributed by atoms with E-state index in [1.807, 2.05) is 0 Å². The Morgan fingerprint density at radius 1 is 0.756 bits per heavy atom. The Morgan fingerprint density at radius 3 is 1.59 bits per heavy atom. The molecule has 4 fully saturated rings. The molecule has 0 amide bonds. The summed E-state index contributed by atoms with van der Waals surface area (Å²) in [4.78, 5) is 4.71. The smallest absolute Gasteiger partial charge is 0.113 e. The fraction of sp³-hybridized carbons (Fsp3) is 0.556. The quantitative estimate of drug-likeness (QED) is 0.313. The molecule has 4 saturated carbocycles. The lowest BCUT2D eigenvalue weighted by Gasteiger charge is -2.57. The Morgan fingerprint density at radius 2 is 1.17 bits per heavy atom. The van der Waals surface area contributed by atoms with Crippen LogP contribution in [0.15, 0.2) is 71.6 Å². The molecule has 2 aliphatic heterocycles. The molecule has 0 radical (unpaired) electrons.